The highest BCUT2D eigenvalue weighted by atomic mass is 19.3. The predicted molar refractivity (Wildman–Crippen MR) is 131 cm³/mol. The minimum Gasteiger partial charge on any atom is -0.395 e. The maximum Gasteiger partial charge on any atom is 0.586 e. The van der Waals surface area contributed by atoms with Gasteiger partial charge in [-0.25, -0.2) is 4.39 Å². The normalized spacial score (nSPS) is 18.1. The fourth-order valence-corrected chi connectivity index (χ4v) is 4.59. The average Bonchev–Trinajstić information content (AvgIpc) is 3.42. The van der Waals surface area contributed by atoms with Crippen LogP contribution in [-0.2, 0) is 20.4 Å². The Kier molecular flexibility index (Phi) is 6.15. The Hall–Kier alpha value is -3.24. The number of hydrogen-bond acceptors (Lipinski definition) is 5. The Morgan fingerprint density at radius 1 is 1.19 bits per heavy atom. The summed E-state index contributed by atoms with van der Waals surface area (Å²) in [5.41, 5.74) is 0.791. The highest BCUT2D eigenvalue weighted by Gasteiger charge is 2.53. The van der Waals surface area contributed by atoms with Crippen molar-refractivity contribution in [3.8, 4) is 11.5 Å². The van der Waals surface area contributed by atoms with Gasteiger partial charge in [-0.15, -0.1) is 8.78 Å². The number of carbonyl (C=O) groups is 1. The molecule has 0 unspecified atom stereocenters. The van der Waals surface area contributed by atoms with E-state index in [1.54, 1.807) is 19.1 Å². The third-order valence-corrected chi connectivity index (χ3v) is 7.05. The molecule has 0 spiro atoms. The zero-order valence-corrected chi connectivity index (χ0v) is 20.8. The Bertz CT molecular complexity index is 1350. The van der Waals surface area contributed by atoms with E-state index in [1.165, 1.54) is 18.2 Å². The van der Waals surface area contributed by atoms with Gasteiger partial charge in [-0.2, -0.15) is 0 Å². The number of hydrogen-bond donors (Lipinski definition) is 3. The predicted octanol–water partition coefficient (Wildman–Crippen LogP) is 5.36. The van der Waals surface area contributed by atoms with Crippen molar-refractivity contribution in [2.45, 2.75) is 63.3 Å². The van der Waals surface area contributed by atoms with Gasteiger partial charge in [0.25, 0.3) is 0 Å². The van der Waals surface area contributed by atoms with Crippen LogP contribution in [0.3, 0.4) is 0 Å². The first-order chi connectivity index (χ1) is 17.4. The molecule has 198 valence electrons. The molecule has 1 fully saturated rings. The first kappa shape index (κ1) is 25.4. The van der Waals surface area contributed by atoms with Crippen LogP contribution in [0.15, 0.2) is 36.4 Å². The van der Waals surface area contributed by atoms with Crippen LogP contribution in [0.4, 0.5) is 18.9 Å². The van der Waals surface area contributed by atoms with Gasteiger partial charge >= 0.3 is 6.29 Å². The van der Waals surface area contributed by atoms with Crippen LogP contribution in [-0.4, -0.2) is 41.6 Å². The molecule has 10 heteroatoms. The topological polar surface area (TPSA) is 92.8 Å². The summed E-state index contributed by atoms with van der Waals surface area (Å²) in [6.45, 7) is 6.47. The molecule has 3 aromatic rings. The molecule has 2 aliphatic rings. The van der Waals surface area contributed by atoms with Crippen LogP contribution >= 0.6 is 0 Å². The maximum atomic E-state index is 15.0. The number of carbonyl (C=O) groups excluding carboxylic acids is 1. The van der Waals surface area contributed by atoms with Gasteiger partial charge in [0.2, 0.25) is 5.91 Å². The Balaban J connectivity index is 1.32. The number of ether oxygens (including phenoxy) is 3. The van der Waals surface area contributed by atoms with E-state index >= 15 is 0 Å². The summed E-state index contributed by atoms with van der Waals surface area (Å²) in [6, 6.07) is 9.14. The van der Waals surface area contributed by atoms with Crippen LogP contribution in [0, 0.1) is 5.82 Å². The number of H-pyrrole nitrogens is 1. The van der Waals surface area contributed by atoms with Crippen LogP contribution in [0.2, 0.25) is 0 Å². The van der Waals surface area contributed by atoms with Crippen LogP contribution in [0.1, 0.15) is 51.3 Å². The smallest absolute Gasteiger partial charge is 0.395 e. The molecule has 0 radical (unpaired) electrons. The molecule has 37 heavy (non-hydrogen) atoms. The molecule has 1 saturated carbocycles. The molecule has 3 N–H and O–H groups in total. The van der Waals surface area contributed by atoms with E-state index < -0.39 is 29.5 Å². The molecule has 5 rings (SSSR count). The molecule has 1 aromatic heterocycles. The van der Waals surface area contributed by atoms with Gasteiger partial charge < -0.3 is 29.6 Å². The first-order valence-electron chi connectivity index (χ1n) is 12.2. The number of aliphatic hydroxyl groups excluding tert-OH is 1. The lowest BCUT2D eigenvalue weighted by molar-refractivity contribution is -0.286. The fraction of sp³-hybridized carbons (Fsp3) is 0.444. The summed E-state index contributed by atoms with van der Waals surface area (Å²) in [7, 11) is 0. The number of rotatable bonds is 9. The largest absolute Gasteiger partial charge is 0.586 e. The van der Waals surface area contributed by atoms with E-state index in [4.69, 9.17) is 4.74 Å². The summed E-state index contributed by atoms with van der Waals surface area (Å²) in [5.74, 6) is -1.23. The second-order valence-corrected chi connectivity index (χ2v) is 10.5. The average molecular weight is 519 g/mol. The summed E-state index contributed by atoms with van der Waals surface area (Å²) in [5, 5.41) is 12.8. The van der Waals surface area contributed by atoms with Gasteiger partial charge in [0.15, 0.2) is 11.5 Å². The van der Waals surface area contributed by atoms with E-state index in [1.807, 2.05) is 19.9 Å². The number of halogens is 3. The monoisotopic (exact) mass is 518 g/mol. The van der Waals surface area contributed by atoms with Gasteiger partial charge in [-0.1, -0.05) is 19.9 Å². The highest BCUT2D eigenvalue weighted by molar-refractivity contribution is 6.02. The summed E-state index contributed by atoms with van der Waals surface area (Å²) in [6.07, 6.45) is -2.59. The molecule has 1 aliphatic carbocycles. The molecule has 1 atom stereocenters. The number of alkyl halides is 2. The van der Waals surface area contributed by atoms with E-state index in [0.29, 0.717) is 36.9 Å². The van der Waals surface area contributed by atoms with Crippen molar-refractivity contribution >= 4 is 22.5 Å². The maximum absolute atomic E-state index is 15.0. The van der Waals surface area contributed by atoms with Gasteiger partial charge in [-0.3, -0.25) is 4.79 Å². The fourth-order valence-electron chi connectivity index (χ4n) is 4.59. The Morgan fingerprint density at radius 2 is 1.92 bits per heavy atom. The van der Waals surface area contributed by atoms with Crippen LogP contribution < -0.4 is 14.8 Å². The number of amides is 1. The number of nitrogens with one attached hydrogen (secondary N) is 2. The second kappa shape index (κ2) is 8.95. The zero-order chi connectivity index (χ0) is 26.6. The molecular weight excluding hydrogens is 489 g/mol. The van der Waals surface area contributed by atoms with Crippen molar-refractivity contribution in [1.29, 1.82) is 0 Å². The molecular formula is C27H29F3N2O5. The highest BCUT2D eigenvalue weighted by Crippen LogP contribution is 2.52. The standard InChI is InChI=1S/C27H29F3N2O5/c1-15(33)14-35-9-8-25(2,3)23-11-16-10-20(18(28)13-19(16)31-23)32-24(34)26(6-7-26)17-4-5-21-22(12-17)37-27(29,30)36-21/h4-5,10-13,15,31,33H,6-9,14H2,1-3H3,(H,32,34)/t15-/m0/s1. The molecule has 2 aromatic carbocycles. The van der Waals surface area contributed by atoms with Gasteiger partial charge in [0.1, 0.15) is 5.82 Å². The Labute approximate surface area is 211 Å². The SMILES string of the molecule is C[C@H](O)COCCC(C)(C)c1cc2cc(NC(=O)C3(c4ccc5c(c4)OC(F)(F)O5)CC3)c(F)cc2[nH]1. The number of anilines is 1. The van der Waals surface area contributed by atoms with Crippen molar-refractivity contribution in [1.82, 2.24) is 4.98 Å². The molecule has 2 heterocycles. The molecule has 1 aliphatic heterocycles. The summed E-state index contributed by atoms with van der Waals surface area (Å²) >= 11 is 0. The summed E-state index contributed by atoms with van der Waals surface area (Å²) < 4.78 is 56.2. The van der Waals surface area contributed by atoms with Crippen LogP contribution in [0.5, 0.6) is 11.5 Å². The third-order valence-electron chi connectivity index (χ3n) is 7.05. The zero-order valence-electron chi connectivity index (χ0n) is 20.8. The number of aromatic amines is 1. The van der Waals surface area contributed by atoms with Crippen molar-refractivity contribution in [3.63, 3.8) is 0 Å². The lowest BCUT2D eigenvalue weighted by Gasteiger charge is -2.23. The van der Waals surface area contributed by atoms with E-state index in [0.717, 1.165) is 11.1 Å². The minimum absolute atomic E-state index is 0.0414. The Morgan fingerprint density at radius 3 is 2.62 bits per heavy atom. The molecule has 1 amide bonds. The van der Waals surface area contributed by atoms with Gasteiger partial charge in [0, 0.05) is 34.7 Å². The van der Waals surface area contributed by atoms with E-state index in [9.17, 15) is 23.1 Å². The summed E-state index contributed by atoms with van der Waals surface area (Å²) in [4.78, 5) is 16.5. The lowest BCUT2D eigenvalue weighted by Crippen LogP contribution is -2.28. The van der Waals surface area contributed by atoms with Gasteiger partial charge in [0.05, 0.1) is 23.8 Å². The number of fused-ring (bicyclic) bond motifs is 2. The quantitative estimate of drug-likeness (QED) is 0.332. The second-order valence-electron chi connectivity index (χ2n) is 10.5. The minimum atomic E-state index is -3.74. The van der Waals surface area contributed by atoms with Crippen LogP contribution in [0.25, 0.3) is 10.9 Å². The third kappa shape index (κ3) is 5.00. The number of aliphatic hydroxyl groups is 1. The molecule has 7 nitrogen and oxygen atoms in total. The van der Waals surface area contributed by atoms with Gasteiger partial charge in [-0.05, 0) is 56.0 Å². The van der Waals surface area contributed by atoms with Crippen molar-refractivity contribution in [2.75, 3.05) is 18.5 Å². The lowest BCUT2D eigenvalue weighted by atomic mass is 9.86. The van der Waals surface area contributed by atoms with Crippen molar-refractivity contribution in [2.24, 2.45) is 0 Å². The number of aromatic nitrogens is 1. The van der Waals surface area contributed by atoms with E-state index in [-0.39, 0.29) is 29.2 Å². The first-order valence-corrected chi connectivity index (χ1v) is 12.2. The molecule has 0 bridgehead atoms. The number of benzene rings is 2. The van der Waals surface area contributed by atoms with Crippen molar-refractivity contribution in [3.05, 3.63) is 53.5 Å². The molecule has 0 saturated heterocycles. The van der Waals surface area contributed by atoms with Crippen molar-refractivity contribution < 1.29 is 37.3 Å². The van der Waals surface area contributed by atoms with E-state index in [2.05, 4.69) is 19.8 Å².